The average Bonchev–Trinajstić information content (AvgIpc) is 2.33. The summed E-state index contributed by atoms with van der Waals surface area (Å²) >= 11 is 0. The third kappa shape index (κ3) is 3.93. The van der Waals surface area contributed by atoms with E-state index in [9.17, 15) is 13.2 Å². The van der Waals surface area contributed by atoms with Crippen molar-refractivity contribution in [3.05, 3.63) is 0 Å². The summed E-state index contributed by atoms with van der Waals surface area (Å²) in [5, 5.41) is 2.28. The zero-order valence-corrected chi connectivity index (χ0v) is 7.16. The van der Waals surface area contributed by atoms with Crippen LogP contribution < -0.4 is 11.1 Å². The molecule has 0 saturated carbocycles. The highest BCUT2D eigenvalue weighted by molar-refractivity contribution is 4.90. The highest BCUT2D eigenvalue weighted by Crippen LogP contribution is 2.16. The van der Waals surface area contributed by atoms with Crippen molar-refractivity contribution >= 4 is 0 Å². The van der Waals surface area contributed by atoms with Gasteiger partial charge in [-0.05, 0) is 6.42 Å². The summed E-state index contributed by atoms with van der Waals surface area (Å²) in [4.78, 5) is 0. The second-order valence-electron chi connectivity index (χ2n) is 3.38. The van der Waals surface area contributed by atoms with Gasteiger partial charge in [-0.3, -0.25) is 0 Å². The van der Waals surface area contributed by atoms with Crippen LogP contribution in [0.1, 0.15) is 6.42 Å². The summed E-state index contributed by atoms with van der Waals surface area (Å²) in [6.07, 6.45) is -3.56. The SMILES string of the molecule is NC1(CNCC(F)(F)F)CCOC1. The topological polar surface area (TPSA) is 47.3 Å². The number of ether oxygens (including phenoxy) is 1. The van der Waals surface area contributed by atoms with Crippen LogP contribution in [0.3, 0.4) is 0 Å². The number of rotatable bonds is 3. The van der Waals surface area contributed by atoms with Crippen LogP contribution in [0.4, 0.5) is 13.2 Å². The van der Waals surface area contributed by atoms with Crippen molar-refractivity contribution in [1.82, 2.24) is 5.32 Å². The molecule has 0 aromatic heterocycles. The summed E-state index contributed by atoms with van der Waals surface area (Å²) in [5.41, 5.74) is 5.11. The molecule has 78 valence electrons. The van der Waals surface area contributed by atoms with Gasteiger partial charge in [0.25, 0.3) is 0 Å². The smallest absolute Gasteiger partial charge is 0.379 e. The number of hydrogen-bond donors (Lipinski definition) is 2. The first-order chi connectivity index (χ1) is 5.91. The highest BCUT2D eigenvalue weighted by atomic mass is 19.4. The van der Waals surface area contributed by atoms with E-state index in [-0.39, 0.29) is 6.54 Å². The van der Waals surface area contributed by atoms with E-state index in [0.717, 1.165) is 0 Å². The minimum atomic E-state index is -4.17. The summed E-state index contributed by atoms with van der Waals surface area (Å²) in [7, 11) is 0. The van der Waals surface area contributed by atoms with Crippen molar-refractivity contribution in [2.45, 2.75) is 18.1 Å². The van der Waals surface area contributed by atoms with Gasteiger partial charge in [0.05, 0.1) is 18.7 Å². The fourth-order valence-electron chi connectivity index (χ4n) is 1.22. The van der Waals surface area contributed by atoms with E-state index >= 15 is 0 Å². The molecule has 0 spiro atoms. The molecule has 1 atom stereocenters. The Morgan fingerprint density at radius 3 is 2.62 bits per heavy atom. The van der Waals surface area contributed by atoms with Gasteiger partial charge in [-0.1, -0.05) is 0 Å². The van der Waals surface area contributed by atoms with E-state index < -0.39 is 18.3 Å². The molecule has 3 N–H and O–H groups in total. The molecule has 0 bridgehead atoms. The molecule has 1 fully saturated rings. The maximum absolute atomic E-state index is 11.7. The van der Waals surface area contributed by atoms with E-state index in [1.54, 1.807) is 0 Å². The maximum atomic E-state index is 11.7. The van der Waals surface area contributed by atoms with Crippen LogP contribution in [0.15, 0.2) is 0 Å². The standard InChI is InChI=1S/C7H13F3N2O/c8-7(9,10)4-12-3-6(11)1-2-13-5-6/h12H,1-5,11H2. The lowest BCUT2D eigenvalue weighted by molar-refractivity contribution is -0.125. The third-order valence-electron chi connectivity index (χ3n) is 1.94. The van der Waals surface area contributed by atoms with Gasteiger partial charge in [0.1, 0.15) is 0 Å². The fourth-order valence-corrected chi connectivity index (χ4v) is 1.22. The molecule has 0 aromatic carbocycles. The molecule has 13 heavy (non-hydrogen) atoms. The Labute approximate surface area is 74.4 Å². The van der Waals surface area contributed by atoms with E-state index in [1.165, 1.54) is 0 Å². The van der Waals surface area contributed by atoms with Gasteiger partial charge in [-0.15, -0.1) is 0 Å². The molecule has 1 heterocycles. The van der Waals surface area contributed by atoms with Gasteiger partial charge in [-0.25, -0.2) is 0 Å². The second kappa shape index (κ2) is 3.81. The number of halogens is 3. The van der Waals surface area contributed by atoms with Crippen LogP contribution >= 0.6 is 0 Å². The maximum Gasteiger partial charge on any atom is 0.401 e. The molecule has 1 aliphatic heterocycles. The van der Waals surface area contributed by atoms with Gasteiger partial charge in [0.2, 0.25) is 0 Å². The van der Waals surface area contributed by atoms with Crippen molar-refractivity contribution in [2.75, 3.05) is 26.3 Å². The van der Waals surface area contributed by atoms with Crippen LogP contribution in [0, 0.1) is 0 Å². The first kappa shape index (κ1) is 10.7. The lowest BCUT2D eigenvalue weighted by Gasteiger charge is -2.22. The van der Waals surface area contributed by atoms with Crippen LogP contribution in [0.2, 0.25) is 0 Å². The van der Waals surface area contributed by atoms with Crippen molar-refractivity contribution in [1.29, 1.82) is 0 Å². The van der Waals surface area contributed by atoms with Crippen molar-refractivity contribution in [2.24, 2.45) is 5.73 Å². The Kier molecular flexibility index (Phi) is 3.15. The monoisotopic (exact) mass is 198 g/mol. The Morgan fingerprint density at radius 2 is 2.15 bits per heavy atom. The molecule has 1 aliphatic rings. The van der Waals surface area contributed by atoms with Gasteiger partial charge in [0.15, 0.2) is 0 Å². The molecule has 0 amide bonds. The van der Waals surface area contributed by atoms with Crippen LogP contribution in [-0.2, 0) is 4.74 Å². The van der Waals surface area contributed by atoms with E-state index in [4.69, 9.17) is 10.5 Å². The molecular weight excluding hydrogens is 185 g/mol. The van der Waals surface area contributed by atoms with E-state index in [0.29, 0.717) is 19.6 Å². The van der Waals surface area contributed by atoms with Crippen molar-refractivity contribution in [3.8, 4) is 0 Å². The normalized spacial score (nSPS) is 29.5. The van der Waals surface area contributed by atoms with Crippen LogP contribution in [0.5, 0.6) is 0 Å². The highest BCUT2D eigenvalue weighted by Gasteiger charge is 2.32. The van der Waals surface area contributed by atoms with E-state index in [1.807, 2.05) is 0 Å². The molecular formula is C7H13F3N2O. The average molecular weight is 198 g/mol. The molecule has 3 nitrogen and oxygen atoms in total. The molecule has 1 rings (SSSR count). The number of hydrogen-bond acceptors (Lipinski definition) is 3. The van der Waals surface area contributed by atoms with Crippen LogP contribution in [-0.4, -0.2) is 38.0 Å². The number of alkyl halides is 3. The summed E-state index contributed by atoms with van der Waals surface area (Å²) in [5.74, 6) is 0. The predicted molar refractivity (Wildman–Crippen MR) is 41.3 cm³/mol. The number of nitrogens with two attached hydrogens (primary N) is 1. The van der Waals surface area contributed by atoms with Gasteiger partial charge >= 0.3 is 6.18 Å². The van der Waals surface area contributed by atoms with Gasteiger partial charge in [0, 0.05) is 13.2 Å². The van der Waals surface area contributed by atoms with Gasteiger partial charge < -0.3 is 15.8 Å². The molecule has 0 radical (unpaired) electrons. The Balaban J connectivity index is 2.18. The predicted octanol–water partition coefficient (Wildman–Crippen LogP) is 0.256. The second-order valence-corrected chi connectivity index (χ2v) is 3.38. The zero-order valence-electron chi connectivity index (χ0n) is 7.16. The Morgan fingerprint density at radius 1 is 1.46 bits per heavy atom. The first-order valence-corrected chi connectivity index (χ1v) is 4.05. The fraction of sp³-hybridized carbons (Fsp3) is 1.00. The lowest BCUT2D eigenvalue weighted by atomic mass is 10.0. The van der Waals surface area contributed by atoms with Crippen molar-refractivity contribution < 1.29 is 17.9 Å². The molecule has 6 heteroatoms. The number of nitrogens with one attached hydrogen (secondary N) is 1. The summed E-state index contributed by atoms with van der Waals surface area (Å²) in [6.45, 7) is 0.0144. The molecule has 0 aliphatic carbocycles. The summed E-state index contributed by atoms with van der Waals surface area (Å²) < 4.78 is 40.2. The quantitative estimate of drug-likeness (QED) is 0.683. The zero-order chi connectivity index (χ0) is 9.95. The lowest BCUT2D eigenvalue weighted by Crippen LogP contribution is -2.50. The van der Waals surface area contributed by atoms with Crippen molar-refractivity contribution in [3.63, 3.8) is 0 Å². The third-order valence-corrected chi connectivity index (χ3v) is 1.94. The van der Waals surface area contributed by atoms with E-state index in [2.05, 4.69) is 5.32 Å². The van der Waals surface area contributed by atoms with Gasteiger partial charge in [-0.2, -0.15) is 13.2 Å². The minimum absolute atomic E-state index is 0.145. The Bertz CT molecular complexity index is 166. The Hall–Kier alpha value is -0.330. The molecule has 1 saturated heterocycles. The first-order valence-electron chi connectivity index (χ1n) is 4.05. The van der Waals surface area contributed by atoms with Crippen LogP contribution in [0.25, 0.3) is 0 Å². The minimum Gasteiger partial charge on any atom is -0.379 e. The largest absolute Gasteiger partial charge is 0.401 e. The molecule has 1 unspecified atom stereocenters. The molecule has 0 aromatic rings. The summed E-state index contributed by atoms with van der Waals surface area (Å²) in [6, 6.07) is 0.